The first-order valence-corrected chi connectivity index (χ1v) is 6.27. The van der Waals surface area contributed by atoms with Crippen molar-refractivity contribution < 1.29 is 0 Å². The first-order valence-electron chi connectivity index (χ1n) is 6.27. The first kappa shape index (κ1) is 12.8. The third-order valence-corrected chi connectivity index (χ3v) is 4.05. The molecule has 1 rings (SSSR count). The monoisotopic (exact) mass is 209 g/mol. The highest BCUT2D eigenvalue weighted by molar-refractivity contribution is 4.96. The van der Waals surface area contributed by atoms with Gasteiger partial charge in [-0.1, -0.05) is 19.1 Å². The van der Waals surface area contributed by atoms with Crippen molar-refractivity contribution in [3.63, 3.8) is 0 Å². The summed E-state index contributed by atoms with van der Waals surface area (Å²) >= 11 is 0. The predicted octanol–water partition coefficient (Wildman–Crippen LogP) is 3.71. The SMILES string of the molecule is C[C@H](CC(C)(C)N(C)C)[C@@H]1C=CCCC1. The van der Waals surface area contributed by atoms with Crippen molar-refractivity contribution in [2.45, 2.75) is 52.0 Å². The Labute approximate surface area is 95.5 Å². The van der Waals surface area contributed by atoms with Gasteiger partial charge in [-0.15, -0.1) is 0 Å². The summed E-state index contributed by atoms with van der Waals surface area (Å²) < 4.78 is 0. The second-order valence-electron chi connectivity index (χ2n) is 5.91. The van der Waals surface area contributed by atoms with Crippen molar-refractivity contribution in [2.75, 3.05) is 14.1 Å². The van der Waals surface area contributed by atoms with Crippen molar-refractivity contribution in [1.82, 2.24) is 4.90 Å². The van der Waals surface area contributed by atoms with E-state index in [0.717, 1.165) is 11.8 Å². The van der Waals surface area contributed by atoms with Gasteiger partial charge in [-0.3, -0.25) is 0 Å². The van der Waals surface area contributed by atoms with Gasteiger partial charge in [-0.2, -0.15) is 0 Å². The van der Waals surface area contributed by atoms with Crippen LogP contribution in [0.4, 0.5) is 0 Å². The van der Waals surface area contributed by atoms with Gasteiger partial charge in [-0.05, 0) is 65.5 Å². The van der Waals surface area contributed by atoms with Crippen molar-refractivity contribution >= 4 is 0 Å². The minimum Gasteiger partial charge on any atom is -0.304 e. The summed E-state index contributed by atoms with van der Waals surface area (Å²) in [5.74, 6) is 1.62. The smallest absolute Gasteiger partial charge is 0.0149 e. The molecule has 2 atom stereocenters. The normalized spacial score (nSPS) is 24.5. The highest BCUT2D eigenvalue weighted by Gasteiger charge is 2.26. The molecule has 1 heteroatoms. The Morgan fingerprint density at radius 2 is 2.07 bits per heavy atom. The Kier molecular flexibility index (Phi) is 4.39. The van der Waals surface area contributed by atoms with E-state index >= 15 is 0 Å². The largest absolute Gasteiger partial charge is 0.304 e. The van der Waals surface area contributed by atoms with Crippen LogP contribution in [-0.4, -0.2) is 24.5 Å². The second-order valence-corrected chi connectivity index (χ2v) is 5.91. The highest BCUT2D eigenvalue weighted by atomic mass is 15.1. The zero-order valence-corrected chi connectivity index (χ0v) is 11.1. The van der Waals surface area contributed by atoms with Crippen LogP contribution in [0.1, 0.15) is 46.5 Å². The minimum absolute atomic E-state index is 0.324. The summed E-state index contributed by atoms with van der Waals surface area (Å²) in [5, 5.41) is 0. The first-order chi connectivity index (χ1) is 6.93. The van der Waals surface area contributed by atoms with E-state index < -0.39 is 0 Å². The third kappa shape index (κ3) is 3.64. The molecular formula is C14H27N. The molecule has 0 radical (unpaired) electrons. The van der Waals surface area contributed by atoms with Crippen molar-refractivity contribution in [1.29, 1.82) is 0 Å². The van der Waals surface area contributed by atoms with Crippen LogP contribution >= 0.6 is 0 Å². The summed E-state index contributed by atoms with van der Waals surface area (Å²) in [6.45, 7) is 7.09. The molecule has 0 N–H and O–H groups in total. The molecule has 1 nitrogen and oxygen atoms in total. The van der Waals surface area contributed by atoms with Crippen LogP contribution in [0.2, 0.25) is 0 Å². The average molecular weight is 209 g/mol. The van der Waals surface area contributed by atoms with Gasteiger partial charge in [0.15, 0.2) is 0 Å². The number of rotatable bonds is 4. The molecule has 0 unspecified atom stereocenters. The molecule has 0 amide bonds. The fourth-order valence-electron chi connectivity index (χ4n) is 2.43. The van der Waals surface area contributed by atoms with Gasteiger partial charge in [0.1, 0.15) is 0 Å². The number of allylic oxidation sites excluding steroid dienone is 2. The Morgan fingerprint density at radius 3 is 2.53 bits per heavy atom. The standard InChI is InChI=1S/C14H27N/c1-12(11-14(2,3)15(4)5)13-9-7-6-8-10-13/h7,9,12-13H,6,8,10-11H2,1-5H3/t12-,13-/m1/s1. The van der Waals surface area contributed by atoms with Gasteiger partial charge >= 0.3 is 0 Å². The van der Waals surface area contributed by atoms with Crippen LogP contribution in [0.5, 0.6) is 0 Å². The Balaban J connectivity index is 2.50. The highest BCUT2D eigenvalue weighted by Crippen LogP contribution is 2.31. The lowest BCUT2D eigenvalue weighted by Gasteiger charge is -2.37. The van der Waals surface area contributed by atoms with E-state index in [9.17, 15) is 0 Å². The van der Waals surface area contributed by atoms with Crippen LogP contribution in [-0.2, 0) is 0 Å². The van der Waals surface area contributed by atoms with Crippen LogP contribution in [0.3, 0.4) is 0 Å². The van der Waals surface area contributed by atoms with E-state index in [-0.39, 0.29) is 0 Å². The second kappa shape index (κ2) is 5.16. The lowest BCUT2D eigenvalue weighted by molar-refractivity contribution is 0.143. The van der Waals surface area contributed by atoms with E-state index in [1.807, 2.05) is 0 Å². The molecule has 0 fully saturated rings. The third-order valence-electron chi connectivity index (χ3n) is 4.05. The lowest BCUT2D eigenvalue weighted by atomic mass is 9.79. The molecule has 0 heterocycles. The Bertz CT molecular complexity index is 215. The summed E-state index contributed by atoms with van der Waals surface area (Å²) in [5.41, 5.74) is 0.324. The molecule has 0 saturated carbocycles. The van der Waals surface area contributed by atoms with Crippen LogP contribution < -0.4 is 0 Å². The molecule has 0 aromatic rings. The van der Waals surface area contributed by atoms with Crippen molar-refractivity contribution in [3.05, 3.63) is 12.2 Å². The molecule has 1 aliphatic carbocycles. The van der Waals surface area contributed by atoms with Crippen molar-refractivity contribution in [2.24, 2.45) is 11.8 Å². The minimum atomic E-state index is 0.324. The molecule has 1 aliphatic rings. The Hall–Kier alpha value is -0.300. The maximum Gasteiger partial charge on any atom is 0.0149 e. The maximum atomic E-state index is 2.44. The topological polar surface area (TPSA) is 3.24 Å². The van der Waals surface area contributed by atoms with Gasteiger partial charge in [-0.25, -0.2) is 0 Å². The van der Waals surface area contributed by atoms with Crippen LogP contribution in [0, 0.1) is 11.8 Å². The number of nitrogens with zero attached hydrogens (tertiary/aromatic N) is 1. The number of hydrogen-bond acceptors (Lipinski definition) is 1. The summed E-state index contributed by atoms with van der Waals surface area (Å²) in [6, 6.07) is 0. The summed E-state index contributed by atoms with van der Waals surface area (Å²) in [7, 11) is 4.37. The fraction of sp³-hybridized carbons (Fsp3) is 0.857. The van der Waals surface area contributed by atoms with E-state index in [2.05, 4.69) is 51.9 Å². The maximum absolute atomic E-state index is 2.44. The predicted molar refractivity (Wildman–Crippen MR) is 68.0 cm³/mol. The van der Waals surface area contributed by atoms with Crippen LogP contribution in [0.15, 0.2) is 12.2 Å². The Morgan fingerprint density at radius 1 is 1.40 bits per heavy atom. The average Bonchev–Trinajstić information content (AvgIpc) is 2.18. The zero-order valence-electron chi connectivity index (χ0n) is 11.1. The molecule has 0 aliphatic heterocycles. The molecule has 0 aromatic heterocycles. The van der Waals surface area contributed by atoms with Gasteiger partial charge < -0.3 is 4.90 Å². The lowest BCUT2D eigenvalue weighted by Crippen LogP contribution is -2.40. The summed E-state index contributed by atoms with van der Waals surface area (Å²) in [6.07, 6.45) is 10.2. The van der Waals surface area contributed by atoms with E-state index in [0.29, 0.717) is 5.54 Å². The summed E-state index contributed by atoms with van der Waals surface area (Å²) in [4.78, 5) is 2.34. The van der Waals surface area contributed by atoms with Gasteiger partial charge in [0.2, 0.25) is 0 Å². The molecule has 0 bridgehead atoms. The van der Waals surface area contributed by atoms with Crippen LogP contribution in [0.25, 0.3) is 0 Å². The molecule has 15 heavy (non-hydrogen) atoms. The van der Waals surface area contributed by atoms with Crippen molar-refractivity contribution in [3.8, 4) is 0 Å². The van der Waals surface area contributed by atoms with Gasteiger partial charge in [0.25, 0.3) is 0 Å². The van der Waals surface area contributed by atoms with Gasteiger partial charge in [0.05, 0.1) is 0 Å². The van der Waals surface area contributed by atoms with E-state index in [1.54, 1.807) is 0 Å². The number of hydrogen-bond donors (Lipinski definition) is 0. The molecule has 0 aromatic carbocycles. The fourth-order valence-corrected chi connectivity index (χ4v) is 2.43. The molecule has 88 valence electrons. The van der Waals surface area contributed by atoms with E-state index in [1.165, 1.54) is 25.7 Å². The van der Waals surface area contributed by atoms with E-state index in [4.69, 9.17) is 0 Å². The quantitative estimate of drug-likeness (QED) is 0.638. The zero-order chi connectivity index (χ0) is 11.5. The van der Waals surface area contributed by atoms with Gasteiger partial charge in [0, 0.05) is 5.54 Å². The molecule has 0 saturated heterocycles. The molecular weight excluding hydrogens is 182 g/mol. The molecule has 0 spiro atoms.